The molecule has 1 aliphatic heterocycles. The molecule has 1 fully saturated rings. The molecule has 1 unspecified atom stereocenters. The molecule has 1 aromatic carbocycles. The van der Waals surface area contributed by atoms with E-state index in [9.17, 15) is 25.1 Å². The van der Waals surface area contributed by atoms with E-state index in [-0.39, 0.29) is 18.0 Å². The average molecular weight is 252 g/mol. The van der Waals surface area contributed by atoms with Gasteiger partial charge in [0.05, 0.1) is 11.0 Å². The van der Waals surface area contributed by atoms with E-state index in [1.807, 2.05) is 0 Å². The normalized spacial score (nSPS) is 18.9. The zero-order valence-electron chi connectivity index (χ0n) is 9.44. The second kappa shape index (κ2) is 4.61. The first-order valence-corrected chi connectivity index (χ1v) is 5.44. The highest BCUT2D eigenvalue weighted by atomic mass is 16.6. The molecule has 0 saturated carbocycles. The van der Waals surface area contributed by atoms with Crippen molar-refractivity contribution < 1.29 is 19.9 Å². The summed E-state index contributed by atoms with van der Waals surface area (Å²) >= 11 is 0. The highest BCUT2D eigenvalue weighted by Crippen LogP contribution is 2.27. The maximum absolute atomic E-state index is 12.0. The van der Waals surface area contributed by atoms with Crippen LogP contribution < -0.4 is 0 Å². The van der Waals surface area contributed by atoms with Crippen molar-refractivity contribution in [3.63, 3.8) is 0 Å². The van der Waals surface area contributed by atoms with Gasteiger partial charge in [-0.25, -0.2) is 0 Å². The van der Waals surface area contributed by atoms with Crippen molar-refractivity contribution in [3.05, 3.63) is 33.9 Å². The van der Waals surface area contributed by atoms with Gasteiger partial charge < -0.3 is 15.1 Å². The zero-order chi connectivity index (χ0) is 13.3. The molecule has 2 N–H and O–H groups in total. The molecule has 18 heavy (non-hydrogen) atoms. The summed E-state index contributed by atoms with van der Waals surface area (Å²) < 4.78 is 0. The topological polar surface area (TPSA) is 104 Å². The van der Waals surface area contributed by atoms with Gasteiger partial charge in [0.2, 0.25) is 0 Å². The largest absolute Gasteiger partial charge is 0.502 e. The van der Waals surface area contributed by atoms with Crippen molar-refractivity contribution in [1.29, 1.82) is 0 Å². The number of carbonyl (C=O) groups is 1. The summed E-state index contributed by atoms with van der Waals surface area (Å²) in [4.78, 5) is 23.2. The van der Waals surface area contributed by atoms with Crippen molar-refractivity contribution in [2.45, 2.75) is 12.5 Å². The lowest BCUT2D eigenvalue weighted by Gasteiger charge is -2.15. The Labute approximate surface area is 102 Å². The molecule has 1 aromatic rings. The summed E-state index contributed by atoms with van der Waals surface area (Å²) in [6, 6.07) is 3.46. The number of hydrogen-bond acceptors (Lipinski definition) is 5. The number of carbonyl (C=O) groups excluding carboxylic acids is 1. The standard InChI is InChI=1S/C11H12N2O5/c14-8-3-4-12(6-8)11(16)7-1-2-9(13(17)18)10(15)5-7/h1-2,5,8,14-15H,3-4,6H2. The third kappa shape index (κ3) is 2.25. The van der Waals surface area contributed by atoms with Crippen molar-refractivity contribution in [1.82, 2.24) is 4.90 Å². The van der Waals surface area contributed by atoms with Gasteiger partial charge >= 0.3 is 5.69 Å². The average Bonchev–Trinajstić information content (AvgIpc) is 2.74. The molecule has 0 spiro atoms. The Balaban J connectivity index is 2.21. The van der Waals surface area contributed by atoms with Crippen LogP contribution >= 0.6 is 0 Å². The van der Waals surface area contributed by atoms with Gasteiger partial charge in [-0.05, 0) is 18.6 Å². The smallest absolute Gasteiger partial charge is 0.310 e. The molecule has 1 aliphatic rings. The molecule has 1 heterocycles. The Morgan fingerprint density at radius 1 is 1.50 bits per heavy atom. The molecular formula is C11H12N2O5. The Morgan fingerprint density at radius 2 is 2.22 bits per heavy atom. The first kappa shape index (κ1) is 12.3. The van der Waals surface area contributed by atoms with Crippen LogP contribution in [0.5, 0.6) is 5.75 Å². The van der Waals surface area contributed by atoms with Gasteiger partial charge in [-0.1, -0.05) is 0 Å². The van der Waals surface area contributed by atoms with Crippen LogP contribution in [0.1, 0.15) is 16.8 Å². The van der Waals surface area contributed by atoms with Gasteiger partial charge in [-0.3, -0.25) is 14.9 Å². The highest BCUT2D eigenvalue weighted by molar-refractivity contribution is 5.95. The third-order valence-electron chi connectivity index (χ3n) is 2.87. The Hall–Kier alpha value is -2.15. The minimum Gasteiger partial charge on any atom is -0.502 e. The zero-order valence-corrected chi connectivity index (χ0v) is 9.44. The molecule has 1 amide bonds. The number of phenolic OH excluding ortho intramolecular Hbond substituents is 1. The van der Waals surface area contributed by atoms with Gasteiger partial charge in [0.1, 0.15) is 0 Å². The predicted molar refractivity (Wildman–Crippen MR) is 61.3 cm³/mol. The summed E-state index contributed by atoms with van der Waals surface area (Å²) in [6.45, 7) is 0.689. The number of aliphatic hydroxyl groups excluding tert-OH is 1. The number of nitro groups is 1. The van der Waals surface area contributed by atoms with Crippen LogP contribution in [-0.2, 0) is 0 Å². The number of phenols is 1. The SMILES string of the molecule is O=C(c1ccc([N+](=O)[O-])c(O)c1)N1CCC(O)C1. The van der Waals surface area contributed by atoms with Gasteiger partial charge in [0.15, 0.2) is 5.75 Å². The monoisotopic (exact) mass is 252 g/mol. The lowest BCUT2D eigenvalue weighted by molar-refractivity contribution is -0.385. The summed E-state index contributed by atoms with van der Waals surface area (Å²) in [5.41, 5.74) is -0.264. The highest BCUT2D eigenvalue weighted by Gasteiger charge is 2.26. The van der Waals surface area contributed by atoms with Gasteiger partial charge in [0.25, 0.3) is 5.91 Å². The van der Waals surface area contributed by atoms with E-state index in [0.717, 1.165) is 12.1 Å². The number of hydrogen-bond donors (Lipinski definition) is 2. The molecule has 2 rings (SSSR count). The van der Waals surface area contributed by atoms with Crippen molar-refractivity contribution in [2.75, 3.05) is 13.1 Å². The van der Waals surface area contributed by atoms with E-state index >= 15 is 0 Å². The van der Waals surface area contributed by atoms with Crippen LogP contribution in [-0.4, -0.2) is 45.1 Å². The van der Waals surface area contributed by atoms with Crippen LogP contribution in [0, 0.1) is 10.1 Å². The summed E-state index contributed by atoms with van der Waals surface area (Å²) in [6.07, 6.45) is -0.00867. The number of aliphatic hydroxyl groups is 1. The number of rotatable bonds is 2. The lowest BCUT2D eigenvalue weighted by Crippen LogP contribution is -2.29. The van der Waals surface area contributed by atoms with E-state index < -0.39 is 22.5 Å². The number of benzene rings is 1. The summed E-state index contributed by atoms with van der Waals surface area (Å²) in [7, 11) is 0. The van der Waals surface area contributed by atoms with Gasteiger partial charge in [0, 0.05) is 24.7 Å². The van der Waals surface area contributed by atoms with Crippen molar-refractivity contribution in [3.8, 4) is 5.75 Å². The number of nitro benzene ring substituents is 1. The Morgan fingerprint density at radius 3 is 2.72 bits per heavy atom. The molecule has 0 bridgehead atoms. The van der Waals surface area contributed by atoms with Crippen LogP contribution in [0.25, 0.3) is 0 Å². The molecule has 0 aromatic heterocycles. The van der Waals surface area contributed by atoms with Crippen LogP contribution in [0.4, 0.5) is 5.69 Å². The first-order chi connectivity index (χ1) is 8.49. The van der Waals surface area contributed by atoms with Gasteiger partial charge in [-0.2, -0.15) is 0 Å². The van der Waals surface area contributed by atoms with E-state index in [4.69, 9.17) is 0 Å². The van der Waals surface area contributed by atoms with E-state index in [1.165, 1.54) is 11.0 Å². The molecule has 7 nitrogen and oxygen atoms in total. The molecule has 96 valence electrons. The quantitative estimate of drug-likeness (QED) is 0.589. The minimum absolute atomic E-state index is 0.173. The molecule has 7 heteroatoms. The molecular weight excluding hydrogens is 240 g/mol. The van der Waals surface area contributed by atoms with Crippen molar-refractivity contribution in [2.24, 2.45) is 0 Å². The van der Waals surface area contributed by atoms with E-state index in [2.05, 4.69) is 0 Å². The lowest BCUT2D eigenvalue weighted by atomic mass is 10.1. The number of nitrogens with zero attached hydrogens (tertiary/aromatic N) is 2. The number of β-amino-alcohol motifs (C(OH)–C–C–N with tert-alkyl or cyclic N) is 1. The fraction of sp³-hybridized carbons (Fsp3) is 0.364. The Bertz CT molecular complexity index is 502. The van der Waals surface area contributed by atoms with Gasteiger partial charge in [-0.15, -0.1) is 0 Å². The van der Waals surface area contributed by atoms with Crippen LogP contribution in [0.3, 0.4) is 0 Å². The summed E-state index contributed by atoms with van der Waals surface area (Å²) in [5, 5.41) is 29.3. The Kier molecular flexibility index (Phi) is 3.15. The fourth-order valence-corrected chi connectivity index (χ4v) is 1.92. The summed E-state index contributed by atoms with van der Waals surface area (Å²) in [5.74, 6) is -0.887. The first-order valence-electron chi connectivity index (χ1n) is 5.44. The number of likely N-dealkylation sites (tertiary alicyclic amines) is 1. The van der Waals surface area contributed by atoms with E-state index in [1.54, 1.807) is 0 Å². The molecule has 0 aliphatic carbocycles. The maximum Gasteiger partial charge on any atom is 0.310 e. The number of aromatic hydroxyl groups is 1. The third-order valence-corrected chi connectivity index (χ3v) is 2.87. The maximum atomic E-state index is 12.0. The minimum atomic E-state index is -0.719. The second-order valence-electron chi connectivity index (χ2n) is 4.15. The van der Waals surface area contributed by atoms with Crippen molar-refractivity contribution >= 4 is 11.6 Å². The molecule has 0 radical (unpaired) electrons. The molecule has 1 atom stereocenters. The van der Waals surface area contributed by atoms with Crippen LogP contribution in [0.2, 0.25) is 0 Å². The predicted octanol–water partition coefficient (Wildman–Crippen LogP) is 0.507. The fourth-order valence-electron chi connectivity index (χ4n) is 1.92. The van der Waals surface area contributed by atoms with Crippen LogP contribution in [0.15, 0.2) is 18.2 Å². The number of amides is 1. The molecule has 1 saturated heterocycles. The van der Waals surface area contributed by atoms with E-state index in [0.29, 0.717) is 13.0 Å². The second-order valence-corrected chi connectivity index (χ2v) is 4.15.